The first kappa shape index (κ1) is 18.4. The summed E-state index contributed by atoms with van der Waals surface area (Å²) in [4.78, 5) is 17.0. The molecule has 2 rings (SSSR count). The van der Waals surface area contributed by atoms with E-state index in [-0.39, 0.29) is 16.6 Å². The third kappa shape index (κ3) is 4.33. The Morgan fingerprint density at radius 2 is 2.04 bits per heavy atom. The Bertz CT molecular complexity index is 716. The molecule has 1 aromatic carbocycles. The van der Waals surface area contributed by atoms with E-state index < -0.39 is 16.1 Å². The Balaban J connectivity index is 2.25. The second-order valence-electron chi connectivity index (χ2n) is 5.63. The van der Waals surface area contributed by atoms with Crippen LogP contribution in [0.15, 0.2) is 34.2 Å². The summed E-state index contributed by atoms with van der Waals surface area (Å²) in [6.45, 7) is 3.21. The summed E-state index contributed by atoms with van der Waals surface area (Å²) in [5, 5.41) is 5.79. The molecule has 0 spiro atoms. The molecule has 0 bridgehead atoms. The number of fused-ring (bicyclic) bond motifs is 1. The quantitative estimate of drug-likeness (QED) is 0.597. The van der Waals surface area contributed by atoms with Crippen LogP contribution in [-0.2, 0) is 14.8 Å². The molecule has 1 heterocycles. The Labute approximate surface area is 143 Å². The van der Waals surface area contributed by atoms with E-state index in [1.807, 2.05) is 14.0 Å². The standard InChI is InChI=1S/C16H24N4O3S/c1-3-4-8-13(16(21)18-11-10-17-2)19-15-12-7-5-6-9-14(12)24(22,23)20-15/h5-7,9,13,17H,3-4,8,10-11H2,1-2H3,(H,18,21)(H,19,20). The molecular formula is C16H24N4O3S. The lowest BCUT2D eigenvalue weighted by Crippen LogP contribution is -2.38. The molecule has 1 unspecified atom stereocenters. The van der Waals surface area contributed by atoms with Crippen molar-refractivity contribution < 1.29 is 13.2 Å². The maximum atomic E-state index is 12.4. The number of aliphatic imine (C=N–C) groups is 1. The van der Waals surface area contributed by atoms with Crippen molar-refractivity contribution in [2.24, 2.45) is 4.99 Å². The third-order valence-electron chi connectivity index (χ3n) is 3.76. The molecule has 0 saturated heterocycles. The normalized spacial score (nSPS) is 18.0. The van der Waals surface area contributed by atoms with Crippen LogP contribution in [0.5, 0.6) is 0 Å². The minimum Gasteiger partial charge on any atom is -0.353 e. The topological polar surface area (TPSA) is 99.7 Å². The van der Waals surface area contributed by atoms with Crippen LogP contribution in [0.3, 0.4) is 0 Å². The Morgan fingerprint density at radius 1 is 1.29 bits per heavy atom. The van der Waals surface area contributed by atoms with Crippen LogP contribution >= 0.6 is 0 Å². The van der Waals surface area contributed by atoms with Gasteiger partial charge in [-0.1, -0.05) is 31.9 Å². The van der Waals surface area contributed by atoms with Crippen molar-refractivity contribution in [3.05, 3.63) is 29.8 Å². The molecule has 1 amide bonds. The van der Waals surface area contributed by atoms with Crippen molar-refractivity contribution in [3.8, 4) is 0 Å². The average Bonchev–Trinajstić information content (AvgIpc) is 2.82. The number of amidine groups is 1. The highest BCUT2D eigenvalue weighted by Gasteiger charge is 2.31. The van der Waals surface area contributed by atoms with Gasteiger partial charge in [-0.2, -0.15) is 0 Å². The molecule has 0 fully saturated rings. The molecule has 0 radical (unpaired) electrons. The van der Waals surface area contributed by atoms with Crippen molar-refractivity contribution >= 4 is 21.8 Å². The molecule has 8 heteroatoms. The monoisotopic (exact) mass is 352 g/mol. The molecular weight excluding hydrogens is 328 g/mol. The zero-order chi connectivity index (χ0) is 17.6. The minimum absolute atomic E-state index is 0.185. The first-order valence-electron chi connectivity index (χ1n) is 8.12. The summed E-state index contributed by atoms with van der Waals surface area (Å²) in [5.41, 5.74) is 0.516. The van der Waals surface area contributed by atoms with Crippen LogP contribution in [0.2, 0.25) is 0 Å². The van der Waals surface area contributed by atoms with Gasteiger partial charge in [0.1, 0.15) is 11.9 Å². The Morgan fingerprint density at radius 3 is 2.75 bits per heavy atom. The molecule has 24 heavy (non-hydrogen) atoms. The summed E-state index contributed by atoms with van der Waals surface area (Å²) in [6, 6.07) is 6.05. The van der Waals surface area contributed by atoms with E-state index >= 15 is 0 Å². The van der Waals surface area contributed by atoms with Crippen LogP contribution < -0.4 is 15.4 Å². The van der Waals surface area contributed by atoms with E-state index in [0.29, 0.717) is 25.1 Å². The molecule has 0 aromatic heterocycles. The van der Waals surface area contributed by atoms with Gasteiger partial charge in [0, 0.05) is 18.7 Å². The summed E-state index contributed by atoms with van der Waals surface area (Å²) < 4.78 is 26.7. The number of hydrogen-bond acceptors (Lipinski definition) is 5. The lowest BCUT2D eigenvalue weighted by molar-refractivity contribution is -0.122. The Kier molecular flexibility index (Phi) is 6.33. The second kappa shape index (κ2) is 8.25. The number of likely N-dealkylation sites (N-methyl/N-ethyl adjacent to an activating group) is 1. The lowest BCUT2D eigenvalue weighted by atomic mass is 10.1. The van der Waals surface area contributed by atoms with Gasteiger partial charge in [-0.3, -0.25) is 14.5 Å². The van der Waals surface area contributed by atoms with E-state index in [0.717, 1.165) is 12.8 Å². The number of sulfonamides is 1. The maximum absolute atomic E-state index is 12.4. The zero-order valence-electron chi connectivity index (χ0n) is 14.0. The summed E-state index contributed by atoms with van der Waals surface area (Å²) in [6.07, 6.45) is 2.36. The number of carbonyl (C=O) groups excluding carboxylic acids is 1. The van der Waals surface area contributed by atoms with Gasteiger partial charge in [0.2, 0.25) is 5.91 Å². The zero-order valence-corrected chi connectivity index (χ0v) is 14.8. The van der Waals surface area contributed by atoms with Crippen molar-refractivity contribution in [2.75, 3.05) is 20.1 Å². The highest BCUT2D eigenvalue weighted by molar-refractivity contribution is 7.90. The number of carbonyl (C=O) groups is 1. The molecule has 132 valence electrons. The van der Waals surface area contributed by atoms with Crippen molar-refractivity contribution in [1.29, 1.82) is 0 Å². The van der Waals surface area contributed by atoms with E-state index in [9.17, 15) is 13.2 Å². The lowest BCUT2D eigenvalue weighted by Gasteiger charge is -2.13. The van der Waals surface area contributed by atoms with Crippen LogP contribution in [0.25, 0.3) is 0 Å². The van der Waals surface area contributed by atoms with Crippen molar-refractivity contribution in [3.63, 3.8) is 0 Å². The fourth-order valence-electron chi connectivity index (χ4n) is 2.47. The van der Waals surface area contributed by atoms with Gasteiger partial charge < -0.3 is 10.6 Å². The van der Waals surface area contributed by atoms with Gasteiger partial charge in [0.25, 0.3) is 10.0 Å². The smallest absolute Gasteiger partial charge is 0.263 e. The van der Waals surface area contributed by atoms with Gasteiger partial charge in [-0.25, -0.2) is 8.42 Å². The first-order valence-corrected chi connectivity index (χ1v) is 9.60. The van der Waals surface area contributed by atoms with Crippen LogP contribution in [0.1, 0.15) is 31.7 Å². The fourth-order valence-corrected chi connectivity index (χ4v) is 3.70. The first-order chi connectivity index (χ1) is 11.5. The molecule has 7 nitrogen and oxygen atoms in total. The number of nitrogens with one attached hydrogen (secondary N) is 3. The number of unbranched alkanes of at least 4 members (excludes halogenated alkanes) is 1. The number of amides is 1. The number of benzene rings is 1. The van der Waals surface area contributed by atoms with Crippen molar-refractivity contribution in [2.45, 2.75) is 37.1 Å². The van der Waals surface area contributed by atoms with Crippen molar-refractivity contribution in [1.82, 2.24) is 15.4 Å². The molecule has 0 saturated carbocycles. The molecule has 1 aromatic rings. The van der Waals surface area contributed by atoms with Gasteiger partial charge in [-0.15, -0.1) is 0 Å². The van der Waals surface area contributed by atoms with E-state index in [1.165, 1.54) is 6.07 Å². The second-order valence-corrected chi connectivity index (χ2v) is 7.28. The number of hydrogen-bond donors (Lipinski definition) is 3. The van der Waals surface area contributed by atoms with Gasteiger partial charge in [0.05, 0.1) is 4.90 Å². The van der Waals surface area contributed by atoms with Gasteiger partial charge >= 0.3 is 0 Å². The maximum Gasteiger partial charge on any atom is 0.263 e. The van der Waals surface area contributed by atoms with Crippen LogP contribution in [0, 0.1) is 0 Å². The van der Waals surface area contributed by atoms with E-state index in [2.05, 4.69) is 20.3 Å². The summed E-state index contributed by atoms with van der Waals surface area (Å²) >= 11 is 0. The molecule has 0 aliphatic carbocycles. The SMILES string of the molecule is CCCCC(N=C1NS(=O)(=O)c2ccccc21)C(=O)NCCNC. The van der Waals surface area contributed by atoms with Gasteiger partial charge in [-0.05, 0) is 25.6 Å². The van der Waals surface area contributed by atoms with Crippen LogP contribution in [0.4, 0.5) is 0 Å². The third-order valence-corrected chi connectivity index (χ3v) is 5.15. The Hall–Kier alpha value is -1.93. The number of rotatable bonds is 8. The molecule has 3 N–H and O–H groups in total. The van der Waals surface area contributed by atoms with E-state index in [4.69, 9.17) is 0 Å². The molecule has 1 atom stereocenters. The predicted molar refractivity (Wildman–Crippen MR) is 93.5 cm³/mol. The largest absolute Gasteiger partial charge is 0.353 e. The van der Waals surface area contributed by atoms with E-state index in [1.54, 1.807) is 18.2 Å². The summed E-state index contributed by atoms with van der Waals surface area (Å²) in [7, 11) is -1.78. The predicted octanol–water partition coefficient (Wildman–Crippen LogP) is 0.620. The summed E-state index contributed by atoms with van der Waals surface area (Å²) in [5.74, 6) is 0.0604. The van der Waals surface area contributed by atoms with Gasteiger partial charge in [0.15, 0.2) is 0 Å². The highest BCUT2D eigenvalue weighted by Crippen LogP contribution is 2.23. The minimum atomic E-state index is -3.59. The fraction of sp³-hybridized carbons (Fsp3) is 0.500. The molecule has 1 aliphatic rings. The highest BCUT2D eigenvalue weighted by atomic mass is 32.2. The number of nitrogens with zero attached hydrogens (tertiary/aromatic N) is 1. The van der Waals surface area contributed by atoms with Crippen LogP contribution in [-0.4, -0.2) is 46.3 Å². The molecule has 1 aliphatic heterocycles. The average molecular weight is 352 g/mol.